The van der Waals surface area contributed by atoms with Crippen molar-refractivity contribution in [3.05, 3.63) is 78.5 Å². The van der Waals surface area contributed by atoms with Gasteiger partial charge in [-0.25, -0.2) is 4.68 Å². The van der Waals surface area contributed by atoms with Crippen LogP contribution in [0.25, 0.3) is 23.0 Å². The maximum atomic E-state index is 12.9. The number of benzene rings is 2. The van der Waals surface area contributed by atoms with Crippen LogP contribution >= 0.6 is 0 Å². The summed E-state index contributed by atoms with van der Waals surface area (Å²) in [4.78, 5) is 28.8. The highest BCUT2D eigenvalue weighted by Gasteiger charge is 2.21. The van der Waals surface area contributed by atoms with E-state index < -0.39 is 0 Å². The van der Waals surface area contributed by atoms with Gasteiger partial charge in [-0.2, -0.15) is 5.10 Å². The highest BCUT2D eigenvalue weighted by atomic mass is 16.2. The van der Waals surface area contributed by atoms with Gasteiger partial charge in [-0.15, -0.1) is 0 Å². The molecule has 4 rings (SSSR count). The van der Waals surface area contributed by atoms with Crippen LogP contribution in [0, 0.1) is 0 Å². The van der Waals surface area contributed by atoms with Gasteiger partial charge < -0.3 is 10.2 Å². The van der Waals surface area contributed by atoms with Crippen molar-refractivity contribution in [1.82, 2.24) is 24.9 Å². The summed E-state index contributed by atoms with van der Waals surface area (Å²) >= 11 is 0. The first-order valence-corrected chi connectivity index (χ1v) is 11.8. The lowest BCUT2D eigenvalue weighted by Crippen LogP contribution is -2.50. The molecule has 0 aliphatic carbocycles. The van der Waals surface area contributed by atoms with Gasteiger partial charge in [0.15, 0.2) is 0 Å². The summed E-state index contributed by atoms with van der Waals surface area (Å²) in [5.41, 5.74) is 3.68. The van der Waals surface area contributed by atoms with Crippen molar-refractivity contribution in [3.8, 4) is 16.9 Å². The molecule has 0 bridgehead atoms. The summed E-state index contributed by atoms with van der Waals surface area (Å²) in [6, 6.07) is 19.9. The summed E-state index contributed by atoms with van der Waals surface area (Å²) in [6.07, 6.45) is 6.36. The molecule has 7 heteroatoms. The fraction of sp³-hybridized carbons (Fsp3) is 0.296. The van der Waals surface area contributed by atoms with Crippen molar-refractivity contribution in [2.24, 2.45) is 0 Å². The second-order valence-corrected chi connectivity index (χ2v) is 8.36. The quantitative estimate of drug-likeness (QED) is 0.528. The maximum Gasteiger partial charge on any atom is 0.246 e. The molecule has 1 saturated heterocycles. The largest absolute Gasteiger partial charge is 0.355 e. The number of nitrogens with zero attached hydrogens (tertiary/aromatic N) is 4. The van der Waals surface area contributed by atoms with Crippen LogP contribution in [-0.4, -0.2) is 70.7 Å². The second kappa shape index (κ2) is 11.4. The Kier molecular flexibility index (Phi) is 7.88. The Labute approximate surface area is 200 Å². The van der Waals surface area contributed by atoms with Crippen molar-refractivity contribution in [1.29, 1.82) is 0 Å². The molecule has 176 valence electrons. The lowest BCUT2D eigenvalue weighted by atomic mass is 10.1. The highest BCUT2D eigenvalue weighted by Crippen LogP contribution is 2.24. The molecule has 3 aromatic rings. The number of hydrogen-bond donors (Lipinski definition) is 1. The van der Waals surface area contributed by atoms with Crippen molar-refractivity contribution in [3.63, 3.8) is 0 Å². The topological polar surface area (TPSA) is 70.5 Å². The van der Waals surface area contributed by atoms with Gasteiger partial charge in [0.05, 0.1) is 17.9 Å². The molecule has 2 amide bonds. The zero-order valence-electron chi connectivity index (χ0n) is 19.6. The van der Waals surface area contributed by atoms with E-state index in [9.17, 15) is 9.59 Å². The van der Waals surface area contributed by atoms with Gasteiger partial charge in [-0.1, -0.05) is 55.5 Å². The summed E-state index contributed by atoms with van der Waals surface area (Å²) in [7, 11) is 0. The van der Waals surface area contributed by atoms with Crippen LogP contribution in [0.15, 0.2) is 72.9 Å². The summed E-state index contributed by atoms with van der Waals surface area (Å²) in [5, 5.41) is 7.70. The van der Waals surface area contributed by atoms with E-state index in [4.69, 9.17) is 5.10 Å². The average Bonchev–Trinajstić information content (AvgIpc) is 3.32. The molecule has 0 unspecified atom stereocenters. The van der Waals surface area contributed by atoms with Crippen LogP contribution in [0.1, 0.15) is 18.9 Å². The van der Waals surface area contributed by atoms with E-state index in [-0.39, 0.29) is 11.8 Å². The second-order valence-electron chi connectivity index (χ2n) is 8.36. The molecule has 1 aromatic heterocycles. The molecule has 0 saturated carbocycles. The van der Waals surface area contributed by atoms with Crippen molar-refractivity contribution in [2.75, 3.05) is 39.3 Å². The lowest BCUT2D eigenvalue weighted by Gasteiger charge is -2.33. The van der Waals surface area contributed by atoms with E-state index in [1.165, 1.54) is 0 Å². The smallest absolute Gasteiger partial charge is 0.246 e. The minimum Gasteiger partial charge on any atom is -0.355 e. The van der Waals surface area contributed by atoms with Gasteiger partial charge in [0, 0.05) is 56.1 Å². The third-order valence-corrected chi connectivity index (χ3v) is 5.84. The molecule has 34 heavy (non-hydrogen) atoms. The summed E-state index contributed by atoms with van der Waals surface area (Å²) < 4.78 is 1.84. The van der Waals surface area contributed by atoms with E-state index >= 15 is 0 Å². The SMILES string of the molecule is CCCNC(=O)CN1CCN(C(=O)/C=C/c2cn(-c3ccccc3)nc2-c2ccccc2)CC1. The Morgan fingerprint density at radius 1 is 0.971 bits per heavy atom. The summed E-state index contributed by atoms with van der Waals surface area (Å²) in [5.74, 6) is 0.0203. The van der Waals surface area contributed by atoms with Crippen LogP contribution in [0.5, 0.6) is 0 Å². The number of carbonyl (C=O) groups is 2. The first-order valence-electron chi connectivity index (χ1n) is 11.8. The van der Waals surface area contributed by atoms with Crippen LogP contribution in [0.3, 0.4) is 0 Å². The van der Waals surface area contributed by atoms with Gasteiger partial charge in [0.25, 0.3) is 0 Å². The molecule has 1 aliphatic rings. The van der Waals surface area contributed by atoms with E-state index in [0.29, 0.717) is 39.3 Å². The van der Waals surface area contributed by atoms with Crippen molar-refractivity contribution in [2.45, 2.75) is 13.3 Å². The maximum absolute atomic E-state index is 12.9. The molecule has 1 aliphatic heterocycles. The molecular formula is C27H31N5O2. The van der Waals surface area contributed by atoms with Crippen LogP contribution in [0.4, 0.5) is 0 Å². The lowest BCUT2D eigenvalue weighted by molar-refractivity contribution is -0.128. The van der Waals surface area contributed by atoms with Crippen LogP contribution in [0.2, 0.25) is 0 Å². The molecule has 0 radical (unpaired) electrons. The fourth-order valence-electron chi connectivity index (χ4n) is 3.96. The zero-order chi connectivity index (χ0) is 23.8. The number of aromatic nitrogens is 2. The molecule has 0 atom stereocenters. The Hall–Kier alpha value is -3.71. The van der Waals surface area contributed by atoms with Crippen molar-refractivity contribution < 1.29 is 9.59 Å². The number of para-hydroxylation sites is 1. The predicted octanol–water partition coefficient (Wildman–Crippen LogP) is 3.22. The Morgan fingerprint density at radius 3 is 2.32 bits per heavy atom. The van der Waals surface area contributed by atoms with Gasteiger partial charge in [-0.3, -0.25) is 14.5 Å². The normalized spacial score (nSPS) is 14.4. The highest BCUT2D eigenvalue weighted by molar-refractivity contribution is 5.93. The molecular weight excluding hydrogens is 426 g/mol. The molecule has 1 fully saturated rings. The molecule has 1 N–H and O–H groups in total. The molecule has 7 nitrogen and oxygen atoms in total. The third kappa shape index (κ3) is 5.99. The monoisotopic (exact) mass is 457 g/mol. The van der Waals surface area contributed by atoms with E-state index in [2.05, 4.69) is 10.2 Å². The average molecular weight is 458 g/mol. The standard InChI is InChI=1S/C27H31N5O2/c1-2-15-28-25(33)21-30-16-18-31(19-17-30)26(34)14-13-23-20-32(24-11-7-4-8-12-24)29-27(23)22-9-5-3-6-10-22/h3-14,20H,2,15-19,21H2,1H3,(H,28,33)/b14-13+. The fourth-order valence-corrected chi connectivity index (χ4v) is 3.96. The minimum atomic E-state index is -0.0263. The van der Waals surface area contributed by atoms with Gasteiger partial charge in [0.2, 0.25) is 11.8 Å². The predicted molar refractivity (Wildman–Crippen MR) is 134 cm³/mol. The number of hydrogen-bond acceptors (Lipinski definition) is 4. The van der Waals surface area contributed by atoms with Gasteiger partial charge in [0.1, 0.15) is 0 Å². The van der Waals surface area contributed by atoms with E-state index in [1.807, 2.05) is 89.4 Å². The van der Waals surface area contributed by atoms with Crippen molar-refractivity contribution >= 4 is 17.9 Å². The molecule has 2 heterocycles. The third-order valence-electron chi connectivity index (χ3n) is 5.84. The number of rotatable bonds is 8. The first kappa shape index (κ1) is 23.4. The van der Waals surface area contributed by atoms with Crippen LogP contribution in [-0.2, 0) is 9.59 Å². The summed E-state index contributed by atoms with van der Waals surface area (Å²) in [6.45, 7) is 5.73. The first-order chi connectivity index (χ1) is 16.6. The van der Waals surface area contributed by atoms with E-state index in [0.717, 1.165) is 28.9 Å². The zero-order valence-corrected chi connectivity index (χ0v) is 19.6. The number of piperazine rings is 1. The van der Waals surface area contributed by atoms with Gasteiger partial charge >= 0.3 is 0 Å². The number of carbonyl (C=O) groups excluding carboxylic acids is 2. The van der Waals surface area contributed by atoms with E-state index in [1.54, 1.807) is 6.08 Å². The van der Waals surface area contributed by atoms with Crippen LogP contribution < -0.4 is 5.32 Å². The molecule has 2 aromatic carbocycles. The van der Waals surface area contributed by atoms with Gasteiger partial charge in [-0.05, 0) is 24.6 Å². The number of nitrogens with one attached hydrogen (secondary N) is 1. The molecule has 0 spiro atoms. The Balaban J connectivity index is 1.43. The Morgan fingerprint density at radius 2 is 1.65 bits per heavy atom. The Bertz CT molecular complexity index is 1120. The minimum absolute atomic E-state index is 0.0263. The number of amides is 2.